The predicted octanol–water partition coefficient (Wildman–Crippen LogP) is 5.68. The molecule has 44 heavy (non-hydrogen) atoms. The van der Waals surface area contributed by atoms with E-state index in [1.807, 2.05) is 49.4 Å². The minimum absolute atomic E-state index is 0.160. The van der Waals surface area contributed by atoms with Gasteiger partial charge in [0.05, 0.1) is 36.1 Å². The fourth-order valence-corrected chi connectivity index (χ4v) is 6.05. The molecule has 3 aromatic carbocycles. The molecule has 0 radical (unpaired) electrons. The first-order valence-corrected chi connectivity index (χ1v) is 15.5. The molecule has 1 aliphatic heterocycles. The first-order chi connectivity index (χ1) is 21.2. The molecule has 0 aromatic heterocycles. The molecule has 3 atom stereocenters. The van der Waals surface area contributed by atoms with E-state index in [0.717, 1.165) is 36.5 Å². The van der Waals surface area contributed by atoms with Gasteiger partial charge in [0, 0.05) is 30.9 Å². The number of benzene rings is 3. The summed E-state index contributed by atoms with van der Waals surface area (Å²) in [5.41, 5.74) is 1.26. The second-order valence-corrected chi connectivity index (χ2v) is 12.1. The summed E-state index contributed by atoms with van der Waals surface area (Å²) < 4.78 is 6.57. The fourth-order valence-electron chi connectivity index (χ4n) is 6.05. The Kier molecular flexibility index (Phi) is 9.89. The van der Waals surface area contributed by atoms with Crippen molar-refractivity contribution >= 4 is 40.1 Å². The predicted molar refractivity (Wildman–Crippen MR) is 172 cm³/mol. The normalized spacial score (nSPS) is 19.6. The summed E-state index contributed by atoms with van der Waals surface area (Å²) in [5.74, 6) is -0.254. The minimum atomic E-state index is -0.499. The minimum Gasteiger partial charge on any atom is -0.485 e. The van der Waals surface area contributed by atoms with Crippen molar-refractivity contribution < 1.29 is 24.2 Å². The van der Waals surface area contributed by atoms with Gasteiger partial charge < -0.3 is 35.6 Å². The van der Waals surface area contributed by atoms with E-state index in [1.165, 1.54) is 6.42 Å². The van der Waals surface area contributed by atoms with Gasteiger partial charge in [-0.2, -0.15) is 0 Å². The zero-order valence-electron chi connectivity index (χ0n) is 25.7. The number of aliphatic hydroxyl groups excluding tert-OH is 1. The van der Waals surface area contributed by atoms with E-state index >= 15 is 0 Å². The summed E-state index contributed by atoms with van der Waals surface area (Å²) >= 11 is 0. The molecular formula is C34H43N5O5. The third kappa shape index (κ3) is 7.07. The molecule has 3 aromatic rings. The molecular weight excluding hydrogens is 558 g/mol. The van der Waals surface area contributed by atoms with Crippen LogP contribution in [0.4, 0.5) is 21.0 Å². The number of anilines is 2. The SMILES string of the molecule is C[C@@H]1CN([C@@H](C)CO)C(=O)c2cccc(NC(=O)Nc3cccc4ccccc34)c2O[C@H]1CN(C)C(=O)NC1CCCCC1. The monoisotopic (exact) mass is 601 g/mol. The van der Waals surface area contributed by atoms with Crippen molar-refractivity contribution in [2.75, 3.05) is 37.4 Å². The molecule has 234 valence electrons. The van der Waals surface area contributed by atoms with Crippen LogP contribution in [0.3, 0.4) is 0 Å². The molecule has 5 amide bonds. The largest absolute Gasteiger partial charge is 0.485 e. The zero-order valence-corrected chi connectivity index (χ0v) is 25.7. The van der Waals surface area contributed by atoms with Gasteiger partial charge in [-0.05, 0) is 43.4 Å². The summed E-state index contributed by atoms with van der Waals surface area (Å²) in [6, 6.07) is 17.6. The number of carbonyl (C=O) groups excluding carboxylic acids is 3. The number of likely N-dealkylation sites (N-methyl/N-ethyl adjacent to an activating group) is 1. The van der Waals surface area contributed by atoms with Crippen LogP contribution in [0.1, 0.15) is 56.3 Å². The lowest BCUT2D eigenvalue weighted by Crippen LogP contribution is -2.52. The van der Waals surface area contributed by atoms with Crippen LogP contribution in [0.2, 0.25) is 0 Å². The van der Waals surface area contributed by atoms with E-state index in [0.29, 0.717) is 17.9 Å². The van der Waals surface area contributed by atoms with E-state index in [1.54, 1.807) is 42.0 Å². The van der Waals surface area contributed by atoms with Gasteiger partial charge in [0.2, 0.25) is 0 Å². The van der Waals surface area contributed by atoms with Crippen molar-refractivity contribution in [1.29, 1.82) is 0 Å². The highest BCUT2D eigenvalue weighted by Crippen LogP contribution is 2.35. The van der Waals surface area contributed by atoms with Crippen LogP contribution in [0.25, 0.3) is 10.8 Å². The summed E-state index contributed by atoms with van der Waals surface area (Å²) in [6.45, 7) is 4.17. The number of hydrogen-bond donors (Lipinski definition) is 4. The van der Waals surface area contributed by atoms with Crippen LogP contribution in [-0.4, -0.2) is 77.8 Å². The van der Waals surface area contributed by atoms with E-state index in [2.05, 4.69) is 16.0 Å². The molecule has 4 N–H and O–H groups in total. The first-order valence-electron chi connectivity index (χ1n) is 15.5. The van der Waals surface area contributed by atoms with Crippen molar-refractivity contribution in [1.82, 2.24) is 15.1 Å². The molecule has 1 heterocycles. The van der Waals surface area contributed by atoms with Crippen LogP contribution in [0.5, 0.6) is 5.75 Å². The lowest BCUT2D eigenvalue weighted by Gasteiger charge is -2.38. The number of fused-ring (bicyclic) bond motifs is 2. The van der Waals surface area contributed by atoms with Crippen molar-refractivity contribution in [3.05, 3.63) is 66.2 Å². The van der Waals surface area contributed by atoms with Crippen molar-refractivity contribution in [2.24, 2.45) is 5.92 Å². The number of aliphatic hydroxyl groups is 1. The smallest absolute Gasteiger partial charge is 0.323 e. The summed E-state index contributed by atoms with van der Waals surface area (Å²) in [7, 11) is 1.75. The zero-order chi connectivity index (χ0) is 31.2. The lowest BCUT2D eigenvalue weighted by atomic mass is 9.96. The van der Waals surface area contributed by atoms with Crippen LogP contribution in [0, 0.1) is 5.92 Å². The quantitative estimate of drug-likeness (QED) is 0.278. The number of carbonyl (C=O) groups is 3. The van der Waals surface area contributed by atoms with Crippen molar-refractivity contribution in [3.8, 4) is 5.75 Å². The maximum absolute atomic E-state index is 13.8. The Balaban J connectivity index is 1.41. The van der Waals surface area contributed by atoms with Gasteiger partial charge in [-0.25, -0.2) is 9.59 Å². The van der Waals surface area contributed by atoms with E-state index < -0.39 is 18.2 Å². The average Bonchev–Trinajstić information content (AvgIpc) is 3.03. The molecule has 1 saturated carbocycles. The maximum Gasteiger partial charge on any atom is 0.323 e. The molecule has 0 bridgehead atoms. The van der Waals surface area contributed by atoms with Crippen molar-refractivity contribution in [3.63, 3.8) is 0 Å². The van der Waals surface area contributed by atoms with Gasteiger partial charge in [0.1, 0.15) is 6.10 Å². The Morgan fingerprint density at radius 3 is 2.45 bits per heavy atom. The number of amides is 5. The third-order valence-corrected chi connectivity index (χ3v) is 8.71. The Hall–Kier alpha value is -4.31. The Morgan fingerprint density at radius 2 is 1.68 bits per heavy atom. The second-order valence-electron chi connectivity index (χ2n) is 12.1. The number of ether oxygens (including phenoxy) is 1. The highest BCUT2D eigenvalue weighted by molar-refractivity contribution is 6.08. The van der Waals surface area contributed by atoms with Crippen LogP contribution >= 0.6 is 0 Å². The molecule has 1 aliphatic carbocycles. The number of hydrogen-bond acceptors (Lipinski definition) is 5. The lowest BCUT2D eigenvalue weighted by molar-refractivity contribution is 0.0368. The van der Waals surface area contributed by atoms with Crippen LogP contribution in [0.15, 0.2) is 60.7 Å². The van der Waals surface area contributed by atoms with Gasteiger partial charge in [-0.15, -0.1) is 0 Å². The summed E-state index contributed by atoms with van der Waals surface area (Å²) in [5, 5.41) is 20.8. The van der Waals surface area contributed by atoms with Gasteiger partial charge in [0.15, 0.2) is 5.75 Å². The molecule has 2 aliphatic rings. The molecule has 5 rings (SSSR count). The molecule has 0 saturated heterocycles. The molecule has 1 fully saturated rings. The van der Waals surface area contributed by atoms with E-state index in [4.69, 9.17) is 4.74 Å². The van der Waals surface area contributed by atoms with Gasteiger partial charge in [-0.3, -0.25) is 4.79 Å². The van der Waals surface area contributed by atoms with Gasteiger partial charge in [0.25, 0.3) is 5.91 Å². The number of nitrogens with zero attached hydrogens (tertiary/aromatic N) is 2. The maximum atomic E-state index is 13.8. The average molecular weight is 602 g/mol. The van der Waals surface area contributed by atoms with E-state index in [9.17, 15) is 19.5 Å². The Bertz CT molecular complexity index is 1480. The Labute approximate surface area is 258 Å². The summed E-state index contributed by atoms with van der Waals surface area (Å²) in [4.78, 5) is 43.5. The molecule has 10 nitrogen and oxygen atoms in total. The fraction of sp³-hybridized carbons (Fsp3) is 0.441. The summed E-state index contributed by atoms with van der Waals surface area (Å²) in [6.07, 6.45) is 4.90. The molecule has 10 heteroatoms. The Morgan fingerprint density at radius 1 is 1.00 bits per heavy atom. The highest BCUT2D eigenvalue weighted by atomic mass is 16.5. The number of urea groups is 2. The standard InChI is InChI=1S/C34H43N5O5/c1-22-19-39(23(2)21-40)32(41)27-16-10-18-29(37-33(42)36-28-17-9-12-24-11-7-8-15-26(24)28)31(27)44-30(22)20-38(3)34(43)35-25-13-5-4-6-14-25/h7-12,15-18,22-23,25,30,40H,4-6,13-14,19-21H2,1-3H3,(H,35,43)(H2,36,37,42)/t22-,23+,30+/m1/s1. The first kappa shape index (κ1) is 31.1. The second kappa shape index (κ2) is 14.0. The van der Waals surface area contributed by atoms with Crippen molar-refractivity contribution in [2.45, 2.75) is 64.1 Å². The van der Waals surface area contributed by atoms with Gasteiger partial charge in [-0.1, -0.05) is 68.7 Å². The molecule has 0 spiro atoms. The number of para-hydroxylation sites is 1. The number of rotatable bonds is 7. The van der Waals surface area contributed by atoms with Crippen LogP contribution < -0.4 is 20.7 Å². The third-order valence-electron chi connectivity index (χ3n) is 8.71. The van der Waals surface area contributed by atoms with Crippen LogP contribution in [-0.2, 0) is 0 Å². The number of nitrogens with one attached hydrogen (secondary N) is 3. The highest BCUT2D eigenvalue weighted by Gasteiger charge is 2.35. The molecule has 0 unspecified atom stereocenters. The van der Waals surface area contributed by atoms with Gasteiger partial charge >= 0.3 is 12.1 Å². The van der Waals surface area contributed by atoms with E-state index in [-0.39, 0.29) is 48.4 Å². The topological polar surface area (TPSA) is 123 Å².